The summed E-state index contributed by atoms with van der Waals surface area (Å²) in [5.41, 5.74) is 2.43. The third-order valence-electron chi connectivity index (χ3n) is 3.05. The zero-order chi connectivity index (χ0) is 11.7. The van der Waals surface area contributed by atoms with Crippen molar-refractivity contribution in [1.29, 1.82) is 0 Å². The highest BCUT2D eigenvalue weighted by Gasteiger charge is 2.32. The van der Waals surface area contributed by atoms with Crippen LogP contribution in [0.25, 0.3) is 0 Å². The van der Waals surface area contributed by atoms with Crippen molar-refractivity contribution in [3.8, 4) is 0 Å². The Morgan fingerprint density at radius 2 is 1.88 bits per heavy atom. The van der Waals surface area contributed by atoms with Crippen LogP contribution in [0, 0.1) is 0 Å². The van der Waals surface area contributed by atoms with Gasteiger partial charge in [-0.15, -0.1) is 0 Å². The Morgan fingerprint density at radius 3 is 2.38 bits per heavy atom. The number of carbonyl (C=O) groups is 1. The highest BCUT2D eigenvalue weighted by molar-refractivity contribution is 5.96. The lowest BCUT2D eigenvalue weighted by molar-refractivity contribution is -0.132. The molecule has 1 aliphatic heterocycles. The minimum absolute atomic E-state index is 0.0751. The van der Waals surface area contributed by atoms with Crippen molar-refractivity contribution in [3.05, 3.63) is 47.0 Å². The minimum atomic E-state index is -0.771. The first-order chi connectivity index (χ1) is 7.61. The zero-order valence-electron chi connectivity index (χ0n) is 9.47. The topological polar surface area (TPSA) is 40.5 Å². The van der Waals surface area contributed by atoms with E-state index in [1.165, 1.54) is 4.90 Å². The molecule has 1 aromatic carbocycles. The van der Waals surface area contributed by atoms with Gasteiger partial charge >= 0.3 is 0 Å². The van der Waals surface area contributed by atoms with Gasteiger partial charge in [-0.1, -0.05) is 30.3 Å². The number of amides is 1. The molecule has 84 valence electrons. The summed E-state index contributed by atoms with van der Waals surface area (Å²) in [6, 6.07) is 9.68. The second kappa shape index (κ2) is 4.10. The van der Waals surface area contributed by atoms with Gasteiger partial charge < -0.3 is 10.0 Å². The number of aliphatic hydroxyl groups excluding tert-OH is 1. The number of hydrogen-bond acceptors (Lipinski definition) is 2. The highest BCUT2D eigenvalue weighted by atomic mass is 16.3. The third-order valence-corrected chi connectivity index (χ3v) is 3.05. The molecule has 2 rings (SSSR count). The zero-order valence-corrected chi connectivity index (χ0v) is 9.47. The maximum Gasteiger partial charge on any atom is 0.252 e. The second-order valence-electron chi connectivity index (χ2n) is 4.10. The van der Waals surface area contributed by atoms with E-state index in [-0.39, 0.29) is 5.91 Å². The Labute approximate surface area is 95.0 Å². The van der Waals surface area contributed by atoms with Gasteiger partial charge in [0.2, 0.25) is 0 Å². The molecule has 0 fully saturated rings. The SMILES string of the molecule is CC1=C(C)[C@@H](O)N(Cc2ccccc2)C1=O. The summed E-state index contributed by atoms with van der Waals surface area (Å²) in [5, 5.41) is 9.91. The third kappa shape index (κ3) is 1.74. The van der Waals surface area contributed by atoms with Gasteiger partial charge in [0.1, 0.15) is 0 Å². The Bertz CT molecular complexity index is 437. The molecular formula is C13H15NO2. The van der Waals surface area contributed by atoms with E-state index >= 15 is 0 Å². The van der Waals surface area contributed by atoms with Crippen molar-refractivity contribution >= 4 is 5.91 Å². The fourth-order valence-electron chi connectivity index (χ4n) is 1.86. The largest absolute Gasteiger partial charge is 0.369 e. The summed E-state index contributed by atoms with van der Waals surface area (Å²) in [5.74, 6) is -0.0751. The van der Waals surface area contributed by atoms with Crippen molar-refractivity contribution in [2.75, 3.05) is 0 Å². The molecule has 0 spiro atoms. The summed E-state index contributed by atoms with van der Waals surface area (Å²) >= 11 is 0. The van der Waals surface area contributed by atoms with E-state index in [0.717, 1.165) is 11.1 Å². The maximum absolute atomic E-state index is 11.8. The summed E-state index contributed by atoms with van der Waals surface area (Å²) in [7, 11) is 0. The molecule has 1 N–H and O–H groups in total. The van der Waals surface area contributed by atoms with E-state index in [4.69, 9.17) is 0 Å². The van der Waals surface area contributed by atoms with Gasteiger partial charge in [0.15, 0.2) is 6.23 Å². The highest BCUT2D eigenvalue weighted by Crippen LogP contribution is 2.25. The molecule has 3 nitrogen and oxygen atoms in total. The van der Waals surface area contributed by atoms with Crippen LogP contribution < -0.4 is 0 Å². The van der Waals surface area contributed by atoms with Crippen molar-refractivity contribution in [2.45, 2.75) is 26.6 Å². The first kappa shape index (κ1) is 10.9. The summed E-state index contributed by atoms with van der Waals surface area (Å²) < 4.78 is 0. The van der Waals surface area contributed by atoms with Gasteiger partial charge in [-0.25, -0.2) is 0 Å². The molecule has 16 heavy (non-hydrogen) atoms. The predicted octanol–water partition coefficient (Wildman–Crippen LogP) is 1.68. The normalized spacial score (nSPS) is 20.8. The Kier molecular flexibility index (Phi) is 2.79. The number of carbonyl (C=O) groups excluding carboxylic acids is 1. The number of benzene rings is 1. The van der Waals surface area contributed by atoms with Crippen LogP contribution in [0.4, 0.5) is 0 Å². The van der Waals surface area contributed by atoms with Gasteiger partial charge in [0, 0.05) is 12.1 Å². The van der Waals surface area contributed by atoms with Crippen molar-refractivity contribution in [1.82, 2.24) is 4.90 Å². The fourth-order valence-corrected chi connectivity index (χ4v) is 1.86. The molecule has 0 aromatic heterocycles. The molecule has 0 saturated heterocycles. The summed E-state index contributed by atoms with van der Waals surface area (Å²) in [4.78, 5) is 13.3. The summed E-state index contributed by atoms with van der Waals surface area (Å²) in [6.07, 6.45) is -0.771. The van der Waals surface area contributed by atoms with E-state index in [0.29, 0.717) is 12.1 Å². The average Bonchev–Trinajstić information content (AvgIpc) is 2.48. The monoisotopic (exact) mass is 217 g/mol. The van der Waals surface area contributed by atoms with Crippen LogP contribution in [-0.2, 0) is 11.3 Å². The minimum Gasteiger partial charge on any atom is -0.369 e. The van der Waals surface area contributed by atoms with Crippen molar-refractivity contribution < 1.29 is 9.90 Å². The number of hydrogen-bond donors (Lipinski definition) is 1. The molecule has 0 aliphatic carbocycles. The standard InChI is InChI=1S/C13H15NO2/c1-9-10(2)13(16)14(12(9)15)8-11-6-4-3-5-7-11/h3-7,12,15H,8H2,1-2H3/t12-/m1/s1. The Morgan fingerprint density at radius 1 is 1.25 bits per heavy atom. The van der Waals surface area contributed by atoms with Crippen LogP contribution >= 0.6 is 0 Å². The van der Waals surface area contributed by atoms with Gasteiger partial charge in [0.05, 0.1) is 0 Å². The van der Waals surface area contributed by atoms with Crippen LogP contribution in [0.15, 0.2) is 41.5 Å². The molecule has 1 amide bonds. The van der Waals surface area contributed by atoms with Crippen LogP contribution in [0.3, 0.4) is 0 Å². The number of rotatable bonds is 2. The molecule has 0 radical (unpaired) electrons. The average molecular weight is 217 g/mol. The second-order valence-corrected chi connectivity index (χ2v) is 4.10. The number of aliphatic hydroxyl groups is 1. The van der Waals surface area contributed by atoms with Gasteiger partial charge in [0.25, 0.3) is 5.91 Å². The van der Waals surface area contributed by atoms with Gasteiger partial charge in [-0.2, -0.15) is 0 Å². The van der Waals surface area contributed by atoms with E-state index < -0.39 is 6.23 Å². The van der Waals surface area contributed by atoms with E-state index in [9.17, 15) is 9.90 Å². The van der Waals surface area contributed by atoms with Crippen LogP contribution in [-0.4, -0.2) is 22.1 Å². The Balaban J connectivity index is 2.17. The lowest BCUT2D eigenvalue weighted by Gasteiger charge is -2.21. The summed E-state index contributed by atoms with van der Waals surface area (Å²) in [6.45, 7) is 4.00. The van der Waals surface area contributed by atoms with Crippen molar-refractivity contribution in [2.24, 2.45) is 0 Å². The van der Waals surface area contributed by atoms with Crippen LogP contribution in [0.1, 0.15) is 19.4 Å². The molecule has 1 aliphatic rings. The molecule has 1 aromatic rings. The maximum atomic E-state index is 11.8. The molecule has 3 heteroatoms. The smallest absolute Gasteiger partial charge is 0.252 e. The first-order valence-electron chi connectivity index (χ1n) is 5.31. The first-order valence-corrected chi connectivity index (χ1v) is 5.31. The molecule has 1 heterocycles. The molecule has 1 atom stereocenters. The fraction of sp³-hybridized carbons (Fsp3) is 0.308. The van der Waals surface area contributed by atoms with Crippen molar-refractivity contribution in [3.63, 3.8) is 0 Å². The van der Waals surface area contributed by atoms with Gasteiger partial charge in [-0.3, -0.25) is 4.79 Å². The lowest BCUT2D eigenvalue weighted by Crippen LogP contribution is -2.34. The van der Waals surface area contributed by atoms with E-state index in [1.54, 1.807) is 13.8 Å². The molecular weight excluding hydrogens is 202 g/mol. The molecule has 0 bridgehead atoms. The molecule has 0 saturated carbocycles. The molecule has 0 unspecified atom stereocenters. The quantitative estimate of drug-likeness (QED) is 0.818. The van der Waals surface area contributed by atoms with E-state index in [1.807, 2.05) is 30.3 Å². The van der Waals surface area contributed by atoms with Gasteiger partial charge in [-0.05, 0) is 25.0 Å². The number of nitrogens with zero attached hydrogens (tertiary/aromatic N) is 1. The van der Waals surface area contributed by atoms with Crippen LogP contribution in [0.5, 0.6) is 0 Å². The van der Waals surface area contributed by atoms with E-state index in [2.05, 4.69) is 0 Å². The predicted molar refractivity (Wildman–Crippen MR) is 61.4 cm³/mol. The Hall–Kier alpha value is -1.61. The lowest BCUT2D eigenvalue weighted by atomic mass is 10.2. The van der Waals surface area contributed by atoms with Crippen LogP contribution in [0.2, 0.25) is 0 Å².